The van der Waals surface area contributed by atoms with Crippen LogP contribution in [0, 0.1) is 39.5 Å². The Morgan fingerprint density at radius 1 is 1.08 bits per heavy atom. The zero-order valence-electron chi connectivity index (χ0n) is 27.4. The summed E-state index contributed by atoms with van der Waals surface area (Å²) in [4.78, 5) is 36.7. The molecule has 2 amide bonds. The predicted molar refractivity (Wildman–Crippen MR) is 189 cm³/mol. The molecular weight excluding hydrogens is 662 g/mol. The molecule has 0 bridgehead atoms. The van der Waals surface area contributed by atoms with Crippen molar-refractivity contribution in [3.63, 3.8) is 0 Å². The van der Waals surface area contributed by atoms with Crippen LogP contribution in [0.4, 0.5) is 5.69 Å². The van der Waals surface area contributed by atoms with E-state index >= 15 is 0 Å². The number of fused-ring (bicyclic) bond motifs is 3. The van der Waals surface area contributed by atoms with Gasteiger partial charge in [0.15, 0.2) is 11.6 Å². The van der Waals surface area contributed by atoms with Gasteiger partial charge < -0.3 is 20.9 Å². The molecule has 0 saturated heterocycles. The predicted octanol–water partition coefficient (Wildman–Crippen LogP) is 5.39. The molecule has 0 fully saturated rings. The molecule has 2 aromatic carbocycles. The number of halogens is 1. The summed E-state index contributed by atoms with van der Waals surface area (Å²) in [6.45, 7) is 8.29. The van der Waals surface area contributed by atoms with Gasteiger partial charge in [0, 0.05) is 45.2 Å². The summed E-state index contributed by atoms with van der Waals surface area (Å²) >= 11 is 7.86. The number of aromatic nitrogens is 5. The van der Waals surface area contributed by atoms with E-state index in [1.807, 2.05) is 35.8 Å². The first-order valence-corrected chi connectivity index (χ1v) is 16.9. The van der Waals surface area contributed by atoms with Crippen molar-refractivity contribution in [2.45, 2.75) is 53.0 Å². The molecule has 49 heavy (non-hydrogen) atoms. The van der Waals surface area contributed by atoms with E-state index in [9.17, 15) is 9.59 Å². The van der Waals surface area contributed by atoms with E-state index in [0.29, 0.717) is 52.3 Å². The highest BCUT2D eigenvalue weighted by Gasteiger charge is 2.32. The minimum absolute atomic E-state index is 0.0624. The maximum absolute atomic E-state index is 13.3. The maximum Gasteiger partial charge on any atom is 0.259 e. The highest BCUT2D eigenvalue weighted by molar-refractivity contribution is 7.15. The molecule has 5 aromatic rings. The fourth-order valence-electron chi connectivity index (χ4n) is 5.55. The Balaban J connectivity index is 1.11. The number of nitrogens with one attached hydrogen (secondary N) is 2. The second kappa shape index (κ2) is 14.5. The number of hydrogen-bond acceptors (Lipinski definition) is 10. The van der Waals surface area contributed by atoms with Crippen LogP contribution in [0.25, 0.3) is 16.5 Å². The zero-order valence-corrected chi connectivity index (χ0v) is 29.0. The van der Waals surface area contributed by atoms with Gasteiger partial charge in [0.2, 0.25) is 11.8 Å². The summed E-state index contributed by atoms with van der Waals surface area (Å²) in [6.07, 6.45) is 0.696. The number of aryl methyl sites for hydroxylation is 3. The van der Waals surface area contributed by atoms with Crippen LogP contribution < -0.4 is 16.4 Å². The fourth-order valence-corrected chi connectivity index (χ4v) is 6.89. The lowest BCUT2D eigenvalue weighted by atomic mass is 9.99. The number of nitrogens with zero attached hydrogens (tertiary/aromatic N) is 6. The Labute approximate surface area is 292 Å². The molecule has 0 spiro atoms. The third kappa shape index (κ3) is 7.31. The van der Waals surface area contributed by atoms with Crippen molar-refractivity contribution in [2.75, 3.05) is 18.4 Å². The van der Waals surface area contributed by atoms with Crippen LogP contribution in [-0.2, 0) is 9.59 Å². The number of aliphatic imine (C=N–C) groups is 1. The average Bonchev–Trinajstić information content (AvgIpc) is 3.74. The van der Waals surface area contributed by atoms with Crippen LogP contribution in [0.1, 0.15) is 69.9 Å². The van der Waals surface area contributed by atoms with E-state index < -0.39 is 6.04 Å². The Bertz CT molecular complexity index is 2140. The van der Waals surface area contributed by atoms with Crippen molar-refractivity contribution in [1.29, 1.82) is 0 Å². The van der Waals surface area contributed by atoms with Crippen LogP contribution in [0.5, 0.6) is 0 Å². The summed E-state index contributed by atoms with van der Waals surface area (Å²) in [7, 11) is 0. The zero-order chi connectivity index (χ0) is 34.7. The first-order valence-electron chi connectivity index (χ1n) is 15.7. The fraction of sp³-hybridized carbons (Fsp3) is 0.286. The smallest absolute Gasteiger partial charge is 0.259 e. The molecule has 12 nitrogen and oxygen atoms in total. The van der Waals surface area contributed by atoms with E-state index in [0.717, 1.165) is 33.2 Å². The van der Waals surface area contributed by atoms with Crippen LogP contribution >= 0.6 is 22.9 Å². The van der Waals surface area contributed by atoms with Crippen LogP contribution in [0.3, 0.4) is 0 Å². The number of anilines is 1. The number of carbonyl (C=O) groups excluding carboxylic acids is 2. The number of rotatable bonds is 9. The number of thiophene rings is 1. The molecule has 0 aliphatic carbocycles. The lowest BCUT2D eigenvalue weighted by molar-refractivity contribution is -0.122. The summed E-state index contributed by atoms with van der Waals surface area (Å²) in [5.41, 5.74) is 11.2. The van der Waals surface area contributed by atoms with Crippen molar-refractivity contribution in [2.24, 2.45) is 10.7 Å². The third-order valence-corrected chi connectivity index (χ3v) is 9.47. The minimum Gasteiger partial charge on any atom is -0.356 e. The van der Waals surface area contributed by atoms with Gasteiger partial charge in [0.25, 0.3) is 5.89 Å². The van der Waals surface area contributed by atoms with Crippen LogP contribution in [0.15, 0.2) is 52.0 Å². The van der Waals surface area contributed by atoms with Crippen molar-refractivity contribution in [1.82, 2.24) is 30.2 Å². The van der Waals surface area contributed by atoms with Gasteiger partial charge in [-0.3, -0.25) is 19.1 Å². The standard InChI is InChI=1S/C35H34ClN9O3S/c1-19-20(2)49-35-31(19)32(23-9-11-25(36)12-10-23)41-28(33-43-42-22(4)45(33)35)18-30(47)38-16-6-8-29(46)40-26-13-14-27(24(17-26)7-5-15-37)34-39-21(3)44-48-34/h9-14,17,28H,6,8,15-16,18,37H2,1-4H3,(H,38,47)(H,40,46)/t28-/m0/s1. The van der Waals surface area contributed by atoms with Crippen LogP contribution in [-0.4, -0.2) is 55.5 Å². The van der Waals surface area contributed by atoms with E-state index in [-0.39, 0.29) is 31.2 Å². The first-order chi connectivity index (χ1) is 23.6. The van der Waals surface area contributed by atoms with E-state index in [2.05, 4.69) is 56.7 Å². The van der Waals surface area contributed by atoms with Gasteiger partial charge in [-0.25, -0.2) is 0 Å². The molecule has 1 atom stereocenters. The molecule has 1 aliphatic heterocycles. The Morgan fingerprint density at radius 2 is 1.88 bits per heavy atom. The van der Waals surface area contributed by atoms with Gasteiger partial charge >= 0.3 is 0 Å². The second-order valence-electron chi connectivity index (χ2n) is 11.5. The van der Waals surface area contributed by atoms with Crippen molar-refractivity contribution in [3.05, 3.63) is 92.1 Å². The number of amides is 2. The lowest BCUT2D eigenvalue weighted by Crippen LogP contribution is -2.27. The SMILES string of the molecule is Cc1noc(-c2ccc(NC(=O)CCCNC(=O)C[C@@H]3N=C(c4ccc(Cl)cc4)c4c(sc(C)c4C)-n4c(C)nnc43)cc2C#CCN)n1. The van der Waals surface area contributed by atoms with Crippen LogP contribution in [0.2, 0.25) is 5.02 Å². The monoisotopic (exact) mass is 695 g/mol. The highest BCUT2D eigenvalue weighted by Crippen LogP contribution is 2.39. The second-order valence-corrected chi connectivity index (χ2v) is 13.2. The molecule has 250 valence electrons. The summed E-state index contributed by atoms with van der Waals surface area (Å²) < 4.78 is 7.31. The summed E-state index contributed by atoms with van der Waals surface area (Å²) in [5.74, 6) is 7.59. The molecule has 3 aromatic heterocycles. The number of nitrogens with two attached hydrogens (primary N) is 1. The molecule has 6 rings (SSSR count). The average molecular weight is 696 g/mol. The van der Waals surface area contributed by atoms with E-state index in [1.54, 1.807) is 36.5 Å². The highest BCUT2D eigenvalue weighted by atomic mass is 35.5. The van der Waals surface area contributed by atoms with Gasteiger partial charge in [-0.1, -0.05) is 40.7 Å². The molecular formula is C35H34ClN9O3S. The van der Waals surface area contributed by atoms with Gasteiger partial charge in [0.1, 0.15) is 16.9 Å². The lowest BCUT2D eigenvalue weighted by Gasteiger charge is -2.13. The molecule has 14 heteroatoms. The van der Waals surface area contributed by atoms with Gasteiger partial charge in [-0.15, -0.1) is 21.5 Å². The van der Waals surface area contributed by atoms with Gasteiger partial charge in [-0.05, 0) is 70.0 Å². The Kier molecular flexibility index (Phi) is 10.0. The normalized spacial score (nSPS) is 13.4. The third-order valence-electron chi connectivity index (χ3n) is 8.03. The van der Waals surface area contributed by atoms with E-state index in [1.165, 1.54) is 4.88 Å². The molecule has 0 radical (unpaired) electrons. The van der Waals surface area contributed by atoms with Crippen molar-refractivity contribution in [3.8, 4) is 28.3 Å². The summed E-state index contributed by atoms with van der Waals surface area (Å²) in [6, 6.07) is 12.2. The van der Waals surface area contributed by atoms with Crippen molar-refractivity contribution < 1.29 is 14.1 Å². The maximum atomic E-state index is 13.3. The number of benzene rings is 2. The topological polar surface area (TPSA) is 166 Å². The Morgan fingerprint density at radius 3 is 2.61 bits per heavy atom. The largest absolute Gasteiger partial charge is 0.356 e. The molecule has 4 heterocycles. The molecule has 4 N–H and O–H groups in total. The quantitative estimate of drug-likeness (QED) is 0.136. The number of carbonyl (C=O) groups is 2. The van der Waals surface area contributed by atoms with E-state index in [4.69, 9.17) is 26.9 Å². The first kappa shape index (κ1) is 33.7. The minimum atomic E-state index is -0.579. The summed E-state index contributed by atoms with van der Waals surface area (Å²) in [5, 5.41) is 20.1. The molecule has 0 unspecified atom stereocenters. The molecule has 0 saturated carbocycles. The molecule has 1 aliphatic rings. The van der Waals surface area contributed by atoms with Gasteiger partial charge in [-0.2, -0.15) is 4.98 Å². The van der Waals surface area contributed by atoms with Gasteiger partial charge in [0.05, 0.1) is 24.2 Å². The number of hydrogen-bond donors (Lipinski definition) is 3. The Hall–Kier alpha value is -5.16. The van der Waals surface area contributed by atoms with Crippen molar-refractivity contribution >= 4 is 46.2 Å².